The summed E-state index contributed by atoms with van der Waals surface area (Å²) < 4.78 is 0. The molecule has 1 aliphatic heterocycles. The van der Waals surface area contributed by atoms with Gasteiger partial charge in [-0.1, -0.05) is 38.1 Å². The van der Waals surface area contributed by atoms with Gasteiger partial charge >= 0.3 is 0 Å². The van der Waals surface area contributed by atoms with Crippen molar-refractivity contribution in [1.82, 2.24) is 5.32 Å². The molecule has 2 atom stereocenters. The molecule has 88 valence electrons. The Balaban J connectivity index is 2.37. The molecule has 2 rings (SSSR count). The highest BCUT2D eigenvalue weighted by Crippen LogP contribution is 2.37. The Morgan fingerprint density at radius 1 is 1.50 bits per heavy atom. The lowest BCUT2D eigenvalue weighted by Gasteiger charge is -2.37. The van der Waals surface area contributed by atoms with E-state index in [9.17, 15) is 5.11 Å². The maximum atomic E-state index is 10.7. The lowest BCUT2D eigenvalue weighted by atomic mass is 9.80. The van der Waals surface area contributed by atoms with Gasteiger partial charge in [-0.3, -0.25) is 0 Å². The number of hydrogen-bond donors (Lipinski definition) is 3. The van der Waals surface area contributed by atoms with E-state index >= 15 is 0 Å². The molecule has 3 nitrogen and oxygen atoms in total. The molecule has 0 bridgehead atoms. The predicted molar refractivity (Wildman–Crippen MR) is 64.9 cm³/mol. The normalized spacial score (nSPS) is 23.2. The second-order valence-electron chi connectivity index (χ2n) is 4.86. The van der Waals surface area contributed by atoms with Crippen LogP contribution in [0.15, 0.2) is 24.3 Å². The summed E-state index contributed by atoms with van der Waals surface area (Å²) in [6.45, 7) is 5.11. The standard InChI is InChI=1S/C13H20N2O/c1-9(2)13(16,8-14)12-11-6-4-3-5-10(11)7-15-12/h3-6,9,12,15-16H,7-8,14H2,1-2H3. The van der Waals surface area contributed by atoms with Crippen molar-refractivity contribution < 1.29 is 5.11 Å². The largest absolute Gasteiger partial charge is 0.386 e. The first-order valence-corrected chi connectivity index (χ1v) is 5.83. The highest BCUT2D eigenvalue weighted by atomic mass is 16.3. The van der Waals surface area contributed by atoms with Gasteiger partial charge in [-0.25, -0.2) is 0 Å². The van der Waals surface area contributed by atoms with Gasteiger partial charge in [-0.2, -0.15) is 0 Å². The summed E-state index contributed by atoms with van der Waals surface area (Å²) in [6, 6.07) is 8.16. The van der Waals surface area contributed by atoms with Crippen LogP contribution in [0.4, 0.5) is 0 Å². The van der Waals surface area contributed by atoms with E-state index in [2.05, 4.69) is 17.4 Å². The maximum Gasteiger partial charge on any atom is 0.0985 e. The molecule has 0 fully saturated rings. The van der Waals surface area contributed by atoms with Crippen LogP contribution in [0.25, 0.3) is 0 Å². The van der Waals surface area contributed by atoms with E-state index in [0.29, 0.717) is 0 Å². The molecule has 16 heavy (non-hydrogen) atoms. The lowest BCUT2D eigenvalue weighted by Crippen LogP contribution is -2.51. The molecule has 4 N–H and O–H groups in total. The van der Waals surface area contributed by atoms with E-state index in [1.807, 2.05) is 26.0 Å². The summed E-state index contributed by atoms with van der Waals surface area (Å²) in [4.78, 5) is 0. The zero-order chi connectivity index (χ0) is 11.8. The highest BCUT2D eigenvalue weighted by Gasteiger charge is 2.42. The Morgan fingerprint density at radius 2 is 2.19 bits per heavy atom. The third kappa shape index (κ3) is 1.65. The number of fused-ring (bicyclic) bond motifs is 1. The lowest BCUT2D eigenvalue weighted by molar-refractivity contribution is -0.0297. The average Bonchev–Trinajstić information content (AvgIpc) is 2.72. The van der Waals surface area contributed by atoms with Crippen LogP contribution in [-0.2, 0) is 6.54 Å². The average molecular weight is 220 g/mol. The molecule has 0 aliphatic carbocycles. The fraction of sp³-hybridized carbons (Fsp3) is 0.538. The molecule has 0 saturated heterocycles. The second-order valence-corrected chi connectivity index (χ2v) is 4.86. The zero-order valence-electron chi connectivity index (χ0n) is 9.90. The van der Waals surface area contributed by atoms with Crippen LogP contribution in [0.3, 0.4) is 0 Å². The fourth-order valence-electron chi connectivity index (χ4n) is 2.43. The van der Waals surface area contributed by atoms with Crippen molar-refractivity contribution in [3.8, 4) is 0 Å². The first-order chi connectivity index (χ1) is 7.59. The maximum absolute atomic E-state index is 10.7. The van der Waals surface area contributed by atoms with Crippen molar-refractivity contribution in [3.63, 3.8) is 0 Å². The van der Waals surface area contributed by atoms with Crippen LogP contribution < -0.4 is 11.1 Å². The number of nitrogens with one attached hydrogen (secondary N) is 1. The van der Waals surface area contributed by atoms with Gasteiger partial charge in [0.1, 0.15) is 0 Å². The minimum Gasteiger partial charge on any atom is -0.386 e. The molecule has 0 spiro atoms. The zero-order valence-corrected chi connectivity index (χ0v) is 9.90. The first-order valence-electron chi connectivity index (χ1n) is 5.83. The summed E-state index contributed by atoms with van der Waals surface area (Å²) in [7, 11) is 0. The Morgan fingerprint density at radius 3 is 2.81 bits per heavy atom. The molecule has 3 heteroatoms. The van der Waals surface area contributed by atoms with Gasteiger partial charge in [-0.05, 0) is 17.0 Å². The van der Waals surface area contributed by atoms with Crippen LogP contribution in [0.5, 0.6) is 0 Å². The topological polar surface area (TPSA) is 58.3 Å². The van der Waals surface area contributed by atoms with Gasteiger partial charge in [0.15, 0.2) is 0 Å². The van der Waals surface area contributed by atoms with Crippen molar-refractivity contribution in [1.29, 1.82) is 0 Å². The molecule has 0 radical (unpaired) electrons. The SMILES string of the molecule is CC(C)C(O)(CN)C1NCc2ccccc21. The van der Waals surface area contributed by atoms with Gasteiger partial charge in [0.2, 0.25) is 0 Å². The van der Waals surface area contributed by atoms with Gasteiger partial charge in [0.25, 0.3) is 0 Å². The molecule has 0 aromatic heterocycles. The number of aliphatic hydroxyl groups is 1. The fourth-order valence-corrected chi connectivity index (χ4v) is 2.43. The predicted octanol–water partition coefficient (Wildman–Crippen LogP) is 1.18. The van der Waals surface area contributed by atoms with Crippen LogP contribution >= 0.6 is 0 Å². The van der Waals surface area contributed by atoms with Gasteiger partial charge in [0.05, 0.1) is 11.6 Å². The molecule has 1 aromatic rings. The molecule has 0 amide bonds. The molecule has 2 unspecified atom stereocenters. The first kappa shape index (κ1) is 11.6. The summed E-state index contributed by atoms with van der Waals surface area (Å²) in [6.07, 6.45) is 0. The molecule has 0 saturated carbocycles. The Hall–Kier alpha value is -0.900. The second kappa shape index (κ2) is 4.17. The number of benzene rings is 1. The summed E-state index contributed by atoms with van der Waals surface area (Å²) in [5.41, 5.74) is 7.33. The number of rotatable bonds is 3. The summed E-state index contributed by atoms with van der Waals surface area (Å²) in [5.74, 6) is 0.126. The summed E-state index contributed by atoms with van der Waals surface area (Å²) >= 11 is 0. The summed E-state index contributed by atoms with van der Waals surface area (Å²) in [5, 5.41) is 14.0. The van der Waals surface area contributed by atoms with Crippen molar-refractivity contribution in [2.75, 3.05) is 6.54 Å². The Labute approximate surface area is 96.7 Å². The minimum absolute atomic E-state index is 0.0475. The van der Waals surface area contributed by atoms with E-state index in [1.54, 1.807) is 0 Å². The van der Waals surface area contributed by atoms with Gasteiger partial charge in [0, 0.05) is 13.1 Å². The van der Waals surface area contributed by atoms with E-state index in [-0.39, 0.29) is 18.5 Å². The molecular weight excluding hydrogens is 200 g/mol. The smallest absolute Gasteiger partial charge is 0.0985 e. The van der Waals surface area contributed by atoms with Crippen molar-refractivity contribution >= 4 is 0 Å². The van der Waals surface area contributed by atoms with Crippen molar-refractivity contribution in [2.45, 2.75) is 32.0 Å². The number of nitrogens with two attached hydrogens (primary N) is 1. The molecular formula is C13H20N2O. The van der Waals surface area contributed by atoms with Gasteiger partial charge < -0.3 is 16.2 Å². The van der Waals surface area contributed by atoms with E-state index in [4.69, 9.17) is 5.73 Å². The van der Waals surface area contributed by atoms with E-state index < -0.39 is 5.60 Å². The van der Waals surface area contributed by atoms with Crippen LogP contribution in [-0.4, -0.2) is 17.3 Å². The van der Waals surface area contributed by atoms with Crippen molar-refractivity contribution in [2.24, 2.45) is 11.7 Å². The van der Waals surface area contributed by atoms with Crippen LogP contribution in [0, 0.1) is 5.92 Å². The van der Waals surface area contributed by atoms with Crippen LogP contribution in [0.2, 0.25) is 0 Å². The Bertz CT molecular complexity index is 378. The van der Waals surface area contributed by atoms with E-state index in [0.717, 1.165) is 6.54 Å². The van der Waals surface area contributed by atoms with Gasteiger partial charge in [-0.15, -0.1) is 0 Å². The minimum atomic E-state index is -0.868. The highest BCUT2D eigenvalue weighted by molar-refractivity contribution is 5.36. The van der Waals surface area contributed by atoms with E-state index in [1.165, 1.54) is 11.1 Å². The third-order valence-corrected chi connectivity index (χ3v) is 3.69. The molecule has 1 aromatic carbocycles. The third-order valence-electron chi connectivity index (χ3n) is 3.69. The monoisotopic (exact) mass is 220 g/mol. The quantitative estimate of drug-likeness (QED) is 0.717. The van der Waals surface area contributed by atoms with Crippen molar-refractivity contribution in [3.05, 3.63) is 35.4 Å². The Kier molecular flexibility index (Phi) is 3.02. The molecule has 1 aliphatic rings. The molecule has 1 heterocycles. The van der Waals surface area contributed by atoms with Crippen LogP contribution in [0.1, 0.15) is 31.0 Å². The number of hydrogen-bond acceptors (Lipinski definition) is 3.